The lowest BCUT2D eigenvalue weighted by atomic mass is 10.0. The third-order valence-corrected chi connectivity index (χ3v) is 2.69. The van der Waals surface area contributed by atoms with Gasteiger partial charge in [0.15, 0.2) is 0 Å². The van der Waals surface area contributed by atoms with Gasteiger partial charge in [0.2, 0.25) is 0 Å². The van der Waals surface area contributed by atoms with Crippen molar-refractivity contribution in [1.29, 1.82) is 0 Å². The van der Waals surface area contributed by atoms with Crippen LogP contribution < -0.4 is 10.5 Å². The molecule has 1 aromatic rings. The lowest BCUT2D eigenvalue weighted by Gasteiger charge is -2.12. The van der Waals surface area contributed by atoms with E-state index in [1.54, 1.807) is 0 Å². The van der Waals surface area contributed by atoms with Gasteiger partial charge in [-0.1, -0.05) is 11.6 Å². The lowest BCUT2D eigenvalue weighted by Crippen LogP contribution is -2.09. The highest BCUT2D eigenvalue weighted by Gasteiger charge is 2.23. The number of fused-ring (bicyclic) bond motifs is 1. The van der Waals surface area contributed by atoms with E-state index in [1.165, 1.54) is 5.56 Å². The van der Waals surface area contributed by atoms with Crippen molar-refractivity contribution in [3.8, 4) is 5.75 Å². The van der Waals surface area contributed by atoms with Gasteiger partial charge in [-0.05, 0) is 31.5 Å². The highest BCUT2D eigenvalue weighted by Crippen LogP contribution is 2.37. The van der Waals surface area contributed by atoms with Crippen molar-refractivity contribution in [3.05, 3.63) is 28.3 Å². The van der Waals surface area contributed by atoms with Crippen LogP contribution in [0.25, 0.3) is 0 Å². The Morgan fingerprint density at radius 1 is 1.57 bits per heavy atom. The Bertz CT molecular complexity index is 363. The summed E-state index contributed by atoms with van der Waals surface area (Å²) in [5.41, 5.74) is 8.05. The van der Waals surface area contributed by atoms with Crippen LogP contribution in [0.1, 0.15) is 31.0 Å². The molecule has 76 valence electrons. The summed E-state index contributed by atoms with van der Waals surface area (Å²) in [5, 5.41) is 0.744. The summed E-state index contributed by atoms with van der Waals surface area (Å²) >= 11 is 6.01. The van der Waals surface area contributed by atoms with Gasteiger partial charge in [-0.15, -0.1) is 0 Å². The van der Waals surface area contributed by atoms with Crippen LogP contribution in [0.5, 0.6) is 5.75 Å². The van der Waals surface area contributed by atoms with E-state index in [2.05, 4.69) is 6.92 Å². The Labute approximate surface area is 89.0 Å². The van der Waals surface area contributed by atoms with Crippen molar-refractivity contribution < 1.29 is 4.74 Å². The van der Waals surface area contributed by atoms with Crippen LogP contribution in [0, 0.1) is 0 Å². The van der Waals surface area contributed by atoms with Gasteiger partial charge in [-0.3, -0.25) is 0 Å². The molecule has 0 saturated carbocycles. The third kappa shape index (κ3) is 1.60. The van der Waals surface area contributed by atoms with Crippen molar-refractivity contribution in [3.63, 3.8) is 0 Å². The maximum atomic E-state index is 6.01. The molecule has 2 nitrogen and oxygen atoms in total. The van der Waals surface area contributed by atoms with E-state index in [0.29, 0.717) is 0 Å². The van der Waals surface area contributed by atoms with Gasteiger partial charge in [-0.25, -0.2) is 0 Å². The van der Waals surface area contributed by atoms with Crippen LogP contribution in [-0.4, -0.2) is 6.10 Å². The number of hydrogen-bond donors (Lipinski definition) is 1. The van der Waals surface area contributed by atoms with Gasteiger partial charge in [-0.2, -0.15) is 0 Å². The molecule has 2 rings (SSSR count). The smallest absolute Gasteiger partial charge is 0.127 e. The van der Waals surface area contributed by atoms with Crippen molar-refractivity contribution >= 4 is 11.6 Å². The van der Waals surface area contributed by atoms with Gasteiger partial charge in [0.25, 0.3) is 0 Å². The summed E-state index contributed by atoms with van der Waals surface area (Å²) in [6, 6.07) is 3.82. The summed E-state index contributed by atoms with van der Waals surface area (Å²) in [7, 11) is 0. The van der Waals surface area contributed by atoms with Crippen LogP contribution in [0.3, 0.4) is 0 Å². The largest absolute Gasteiger partial charge is 0.490 e. The number of hydrogen-bond acceptors (Lipinski definition) is 2. The summed E-state index contributed by atoms with van der Waals surface area (Å²) < 4.78 is 5.72. The van der Waals surface area contributed by atoms with Gasteiger partial charge in [0, 0.05) is 23.0 Å². The fourth-order valence-electron chi connectivity index (χ4n) is 1.86. The maximum Gasteiger partial charge on any atom is 0.127 e. The molecule has 0 saturated heterocycles. The summed E-state index contributed by atoms with van der Waals surface area (Å²) in [4.78, 5) is 0. The van der Waals surface area contributed by atoms with E-state index >= 15 is 0 Å². The summed E-state index contributed by atoms with van der Waals surface area (Å²) in [5.74, 6) is 0.942. The highest BCUT2D eigenvalue weighted by molar-refractivity contribution is 6.30. The van der Waals surface area contributed by atoms with Gasteiger partial charge < -0.3 is 10.5 Å². The lowest BCUT2D eigenvalue weighted by molar-refractivity contribution is 0.251. The molecule has 1 aliphatic rings. The second kappa shape index (κ2) is 3.44. The van der Waals surface area contributed by atoms with E-state index < -0.39 is 0 Å². The Balaban J connectivity index is 2.52. The van der Waals surface area contributed by atoms with Gasteiger partial charge >= 0.3 is 0 Å². The van der Waals surface area contributed by atoms with Crippen molar-refractivity contribution in [1.82, 2.24) is 0 Å². The van der Waals surface area contributed by atoms with Crippen LogP contribution in [0.15, 0.2) is 12.1 Å². The van der Waals surface area contributed by atoms with Crippen molar-refractivity contribution in [2.45, 2.75) is 32.4 Å². The summed E-state index contributed by atoms with van der Waals surface area (Å²) in [6.07, 6.45) is 1.16. The Hall–Kier alpha value is -0.730. The molecule has 2 atom stereocenters. The minimum atomic E-state index is -0.0345. The van der Waals surface area contributed by atoms with Crippen LogP contribution >= 0.6 is 11.6 Å². The van der Waals surface area contributed by atoms with E-state index in [-0.39, 0.29) is 12.1 Å². The molecule has 0 aromatic heterocycles. The highest BCUT2D eigenvalue weighted by atomic mass is 35.5. The zero-order valence-corrected chi connectivity index (χ0v) is 9.14. The minimum absolute atomic E-state index is 0.0345. The summed E-state index contributed by atoms with van der Waals surface area (Å²) in [6.45, 7) is 4.00. The topological polar surface area (TPSA) is 35.2 Å². The van der Waals surface area contributed by atoms with E-state index in [4.69, 9.17) is 22.1 Å². The Morgan fingerprint density at radius 3 is 2.93 bits per heavy atom. The first-order valence-electron chi connectivity index (χ1n) is 4.82. The molecular weight excluding hydrogens is 198 g/mol. The molecule has 0 aliphatic carbocycles. The first-order chi connectivity index (χ1) is 6.58. The number of ether oxygens (including phenoxy) is 1. The zero-order chi connectivity index (χ0) is 10.3. The van der Waals surface area contributed by atoms with Crippen LogP contribution in [-0.2, 0) is 6.42 Å². The van der Waals surface area contributed by atoms with Gasteiger partial charge in [0.1, 0.15) is 11.9 Å². The molecule has 0 fully saturated rings. The average molecular weight is 212 g/mol. The van der Waals surface area contributed by atoms with Crippen LogP contribution in [0.2, 0.25) is 5.02 Å². The second-order valence-electron chi connectivity index (χ2n) is 3.90. The molecule has 1 aromatic carbocycles. The first kappa shape index (κ1) is 9.81. The van der Waals surface area contributed by atoms with E-state index in [9.17, 15) is 0 Å². The fourth-order valence-corrected chi connectivity index (χ4v) is 2.11. The number of nitrogens with two attached hydrogens (primary N) is 1. The minimum Gasteiger partial charge on any atom is -0.490 e. The Morgan fingerprint density at radius 2 is 2.29 bits per heavy atom. The quantitative estimate of drug-likeness (QED) is 0.775. The zero-order valence-electron chi connectivity index (χ0n) is 8.38. The van der Waals surface area contributed by atoms with Crippen LogP contribution in [0.4, 0.5) is 0 Å². The molecule has 0 bridgehead atoms. The third-order valence-electron chi connectivity index (χ3n) is 2.48. The van der Waals surface area contributed by atoms with Crippen molar-refractivity contribution in [2.75, 3.05) is 0 Å². The normalized spacial score (nSPS) is 21.6. The molecule has 1 heterocycles. The predicted octanol–water partition coefficient (Wildman–Crippen LogP) is 2.68. The predicted molar refractivity (Wildman–Crippen MR) is 57.8 cm³/mol. The molecule has 0 spiro atoms. The number of rotatable bonds is 1. The molecular formula is C11H14ClNO. The van der Waals surface area contributed by atoms with E-state index in [0.717, 1.165) is 22.8 Å². The fraction of sp³-hybridized carbons (Fsp3) is 0.455. The Kier molecular flexibility index (Phi) is 2.41. The standard InChI is InChI=1S/C11H14ClNO/c1-6-3-8-4-9(12)5-10(7(2)13)11(8)14-6/h4-7H,3,13H2,1-2H3. The maximum absolute atomic E-state index is 6.01. The first-order valence-corrected chi connectivity index (χ1v) is 5.20. The molecule has 2 unspecified atom stereocenters. The SMILES string of the molecule is CC1Cc2cc(Cl)cc(C(C)N)c2O1. The average Bonchev–Trinajstić information content (AvgIpc) is 2.42. The molecule has 1 aliphatic heterocycles. The number of benzene rings is 1. The monoisotopic (exact) mass is 211 g/mol. The molecule has 14 heavy (non-hydrogen) atoms. The molecule has 0 radical (unpaired) electrons. The second-order valence-corrected chi connectivity index (χ2v) is 4.34. The van der Waals surface area contributed by atoms with E-state index in [1.807, 2.05) is 19.1 Å². The molecule has 2 N–H and O–H groups in total. The van der Waals surface area contributed by atoms with Gasteiger partial charge in [0.05, 0.1) is 0 Å². The molecule has 3 heteroatoms. The van der Waals surface area contributed by atoms with Crippen molar-refractivity contribution in [2.24, 2.45) is 5.73 Å². The number of halogens is 1. The molecule has 0 amide bonds.